The summed E-state index contributed by atoms with van der Waals surface area (Å²) in [7, 11) is 0. The van der Waals surface area contributed by atoms with Crippen molar-refractivity contribution in [2.75, 3.05) is 26.2 Å². The molecule has 0 spiro atoms. The summed E-state index contributed by atoms with van der Waals surface area (Å²) in [5, 5.41) is 0. The maximum absolute atomic E-state index is 12.9. The summed E-state index contributed by atoms with van der Waals surface area (Å²) in [4.78, 5) is 12.7. The number of alkyl halides is 3. The van der Waals surface area contributed by atoms with Crippen molar-refractivity contribution in [3.05, 3.63) is 0 Å². The van der Waals surface area contributed by atoms with E-state index in [1.54, 1.807) is 0 Å². The number of likely N-dealkylation sites (tertiary alicyclic amines) is 1. The molecule has 0 aliphatic carbocycles. The first-order chi connectivity index (χ1) is 7.86. The van der Waals surface area contributed by atoms with E-state index in [-0.39, 0.29) is 38.4 Å². The van der Waals surface area contributed by atoms with E-state index in [0.29, 0.717) is 0 Å². The average molecular weight is 254 g/mol. The Hall–Kier alpha value is -0.820. The molecule has 0 bridgehead atoms. The zero-order valence-electron chi connectivity index (χ0n) is 9.72. The summed E-state index contributed by atoms with van der Waals surface area (Å²) in [6, 6.07) is 0. The average Bonchev–Trinajstić information content (AvgIpc) is 2.63. The van der Waals surface area contributed by atoms with Crippen molar-refractivity contribution in [2.24, 2.45) is 5.73 Å². The maximum atomic E-state index is 12.9. The van der Waals surface area contributed by atoms with Gasteiger partial charge in [0.2, 0.25) is 5.91 Å². The van der Waals surface area contributed by atoms with Crippen LogP contribution < -0.4 is 5.73 Å². The highest BCUT2D eigenvalue weighted by Gasteiger charge is 2.59. The number of ether oxygens (including phenoxy) is 1. The number of carbonyl (C=O) groups is 1. The number of amides is 1. The topological polar surface area (TPSA) is 55.6 Å². The SMILES string of the molecule is CCO[C@@]1(C(F)(F)F)CCN(C(=O)CCN)C1. The number of hydrogen-bond donors (Lipinski definition) is 1. The van der Waals surface area contributed by atoms with Crippen LogP contribution in [-0.4, -0.2) is 48.8 Å². The third-order valence-corrected chi connectivity index (χ3v) is 2.88. The monoisotopic (exact) mass is 254 g/mol. The molecule has 17 heavy (non-hydrogen) atoms. The molecule has 2 N–H and O–H groups in total. The highest BCUT2D eigenvalue weighted by molar-refractivity contribution is 5.76. The molecule has 0 saturated carbocycles. The minimum atomic E-state index is -4.46. The number of hydrogen-bond acceptors (Lipinski definition) is 3. The Morgan fingerprint density at radius 3 is 2.65 bits per heavy atom. The fourth-order valence-electron chi connectivity index (χ4n) is 1.98. The van der Waals surface area contributed by atoms with Crippen LogP contribution in [0.2, 0.25) is 0 Å². The molecular weight excluding hydrogens is 237 g/mol. The van der Waals surface area contributed by atoms with E-state index in [0.717, 1.165) is 0 Å². The Bertz CT molecular complexity index is 283. The van der Waals surface area contributed by atoms with Crippen LogP contribution in [0.25, 0.3) is 0 Å². The summed E-state index contributed by atoms with van der Waals surface area (Å²) in [5.74, 6) is -0.349. The molecule has 0 radical (unpaired) electrons. The molecule has 0 aromatic rings. The highest BCUT2D eigenvalue weighted by Crippen LogP contribution is 2.40. The standard InChI is InChI=1S/C10H17F3N2O2/c1-2-17-9(10(11,12)13)4-6-15(7-9)8(16)3-5-14/h2-7,14H2,1H3/t9-/m0/s1. The van der Waals surface area contributed by atoms with E-state index in [9.17, 15) is 18.0 Å². The second kappa shape index (κ2) is 5.22. The molecule has 1 fully saturated rings. The summed E-state index contributed by atoms with van der Waals surface area (Å²) in [6.45, 7) is 1.26. The van der Waals surface area contributed by atoms with Crippen LogP contribution in [0.4, 0.5) is 13.2 Å². The van der Waals surface area contributed by atoms with Crippen molar-refractivity contribution in [2.45, 2.75) is 31.5 Å². The molecule has 0 aromatic heterocycles. The van der Waals surface area contributed by atoms with E-state index >= 15 is 0 Å². The molecule has 1 saturated heterocycles. The summed E-state index contributed by atoms with van der Waals surface area (Å²) in [5.41, 5.74) is 3.01. The van der Waals surface area contributed by atoms with Crippen LogP contribution in [0.1, 0.15) is 19.8 Å². The first-order valence-corrected chi connectivity index (χ1v) is 5.55. The minimum Gasteiger partial charge on any atom is -0.364 e. The Kier molecular flexibility index (Phi) is 4.37. The lowest BCUT2D eigenvalue weighted by atomic mass is 10.0. The first-order valence-electron chi connectivity index (χ1n) is 5.55. The number of halogens is 3. The van der Waals surface area contributed by atoms with Gasteiger partial charge in [0.1, 0.15) is 0 Å². The van der Waals surface area contributed by atoms with Gasteiger partial charge in [-0.25, -0.2) is 0 Å². The van der Waals surface area contributed by atoms with Crippen molar-refractivity contribution in [3.8, 4) is 0 Å². The van der Waals surface area contributed by atoms with Crippen LogP contribution in [0, 0.1) is 0 Å². The van der Waals surface area contributed by atoms with Gasteiger partial charge in [0, 0.05) is 32.5 Å². The smallest absolute Gasteiger partial charge is 0.364 e. The molecule has 0 aromatic carbocycles. The van der Waals surface area contributed by atoms with Crippen molar-refractivity contribution in [3.63, 3.8) is 0 Å². The third kappa shape index (κ3) is 2.90. The predicted octanol–water partition coefficient (Wildman–Crippen LogP) is 0.905. The van der Waals surface area contributed by atoms with Gasteiger partial charge in [-0.05, 0) is 6.92 Å². The fraction of sp³-hybridized carbons (Fsp3) is 0.900. The van der Waals surface area contributed by atoms with Crippen molar-refractivity contribution in [1.29, 1.82) is 0 Å². The third-order valence-electron chi connectivity index (χ3n) is 2.88. The van der Waals surface area contributed by atoms with Crippen LogP contribution in [0.3, 0.4) is 0 Å². The van der Waals surface area contributed by atoms with Crippen LogP contribution >= 0.6 is 0 Å². The number of nitrogens with zero attached hydrogens (tertiary/aromatic N) is 1. The Morgan fingerprint density at radius 2 is 2.18 bits per heavy atom. The summed E-state index contributed by atoms with van der Waals surface area (Å²) in [6.07, 6.45) is -4.60. The largest absolute Gasteiger partial charge is 0.419 e. The lowest BCUT2D eigenvalue weighted by Crippen LogP contribution is -2.50. The van der Waals surface area contributed by atoms with Gasteiger partial charge in [-0.1, -0.05) is 0 Å². The van der Waals surface area contributed by atoms with Crippen LogP contribution in [-0.2, 0) is 9.53 Å². The van der Waals surface area contributed by atoms with Crippen LogP contribution in [0.15, 0.2) is 0 Å². The zero-order valence-corrected chi connectivity index (χ0v) is 9.72. The highest BCUT2D eigenvalue weighted by atomic mass is 19.4. The van der Waals surface area contributed by atoms with Gasteiger partial charge in [-0.3, -0.25) is 4.79 Å². The molecular formula is C10H17F3N2O2. The van der Waals surface area contributed by atoms with Crippen LogP contribution in [0.5, 0.6) is 0 Å². The second-order valence-corrected chi connectivity index (χ2v) is 4.03. The number of carbonyl (C=O) groups excluding carboxylic acids is 1. The maximum Gasteiger partial charge on any atom is 0.419 e. The van der Waals surface area contributed by atoms with E-state index in [1.165, 1.54) is 11.8 Å². The molecule has 1 heterocycles. The molecule has 1 aliphatic heterocycles. The van der Waals surface area contributed by atoms with Crippen molar-refractivity contribution in [1.82, 2.24) is 4.90 Å². The van der Waals surface area contributed by atoms with Crippen molar-refractivity contribution < 1.29 is 22.7 Å². The Balaban J connectivity index is 2.75. The van der Waals surface area contributed by atoms with Gasteiger partial charge in [-0.15, -0.1) is 0 Å². The second-order valence-electron chi connectivity index (χ2n) is 4.03. The molecule has 1 rings (SSSR count). The predicted molar refractivity (Wildman–Crippen MR) is 55.3 cm³/mol. The minimum absolute atomic E-state index is 0.0293. The van der Waals surface area contributed by atoms with E-state index < -0.39 is 18.3 Å². The van der Waals surface area contributed by atoms with Gasteiger partial charge in [0.15, 0.2) is 5.60 Å². The molecule has 1 atom stereocenters. The van der Waals surface area contributed by atoms with E-state index in [4.69, 9.17) is 10.5 Å². The normalized spacial score (nSPS) is 25.4. The quantitative estimate of drug-likeness (QED) is 0.811. The lowest BCUT2D eigenvalue weighted by molar-refractivity contribution is -0.270. The van der Waals surface area contributed by atoms with Gasteiger partial charge < -0.3 is 15.4 Å². The number of nitrogens with two attached hydrogens (primary N) is 1. The summed E-state index contributed by atoms with van der Waals surface area (Å²) < 4.78 is 43.7. The van der Waals surface area contributed by atoms with E-state index in [2.05, 4.69) is 0 Å². The molecule has 1 aliphatic rings. The molecule has 1 amide bonds. The van der Waals surface area contributed by atoms with Gasteiger partial charge >= 0.3 is 6.18 Å². The van der Waals surface area contributed by atoms with Crippen molar-refractivity contribution >= 4 is 5.91 Å². The zero-order chi connectivity index (χ0) is 13.1. The lowest BCUT2D eigenvalue weighted by Gasteiger charge is -2.31. The van der Waals surface area contributed by atoms with Gasteiger partial charge in [0.05, 0.1) is 6.54 Å². The van der Waals surface area contributed by atoms with E-state index in [1.807, 2.05) is 0 Å². The Labute approximate surface area is 97.9 Å². The molecule has 7 heteroatoms. The first kappa shape index (κ1) is 14.2. The molecule has 4 nitrogen and oxygen atoms in total. The fourth-order valence-corrected chi connectivity index (χ4v) is 1.98. The molecule has 0 unspecified atom stereocenters. The number of rotatable bonds is 4. The Morgan fingerprint density at radius 1 is 1.53 bits per heavy atom. The van der Waals surface area contributed by atoms with Gasteiger partial charge in [-0.2, -0.15) is 13.2 Å². The van der Waals surface area contributed by atoms with Gasteiger partial charge in [0.25, 0.3) is 0 Å². The molecule has 100 valence electrons. The summed E-state index contributed by atoms with van der Waals surface area (Å²) >= 11 is 0.